The highest BCUT2D eigenvalue weighted by Crippen LogP contribution is 2.46. The highest BCUT2D eigenvalue weighted by Gasteiger charge is 2.47. The number of rotatable bonds is 6. The second-order valence-corrected chi connectivity index (χ2v) is 14.3. The Bertz CT molecular complexity index is 1880. The van der Waals surface area contributed by atoms with Gasteiger partial charge in [0.1, 0.15) is 12.4 Å². The van der Waals surface area contributed by atoms with Crippen LogP contribution in [0, 0.1) is 12.7 Å². The summed E-state index contributed by atoms with van der Waals surface area (Å²) in [6, 6.07) is 0.831. The predicted octanol–water partition coefficient (Wildman–Crippen LogP) is 5.47. The lowest BCUT2D eigenvalue weighted by Gasteiger charge is -2.33. The lowest BCUT2D eigenvalue weighted by atomic mass is 9.93. The first-order valence-electron chi connectivity index (χ1n) is 16.6. The Balaban J connectivity index is 1.28. The van der Waals surface area contributed by atoms with Gasteiger partial charge in [-0.25, -0.2) is 4.39 Å². The van der Waals surface area contributed by atoms with Gasteiger partial charge in [-0.1, -0.05) is 23.8 Å². The summed E-state index contributed by atoms with van der Waals surface area (Å²) in [4.78, 5) is 28.4. The number of carbonyl (C=O) groups excluding carboxylic acids is 1. The van der Waals surface area contributed by atoms with Crippen molar-refractivity contribution in [3.63, 3.8) is 0 Å². The van der Waals surface area contributed by atoms with E-state index in [0.717, 1.165) is 55.2 Å². The minimum absolute atomic E-state index is 0.0678. The Hall–Kier alpha value is -3.95. The highest BCUT2D eigenvalue weighted by molar-refractivity contribution is 6.31. The van der Waals surface area contributed by atoms with Gasteiger partial charge in [0.05, 0.1) is 52.5 Å². The standard InChI is InChI=1S/C34H39ClF4N8O3/c1-18-13-33(7-5-9-46(33)14-18)17-50-32-41-23-12-25(26-27(34(37,38)39)21(35)11-22(40)28(26)36)49-16-20(23)30(42-32)45-8-6-10-47-24(15-45)19(2)29(43-47)31(48)44(3)4/h11,25H,1,5-10,12-17,40H2,2-4H3/t25-,33+/m0/s1. The number of nitrogens with two attached hydrogens (primary N) is 1. The molecule has 2 aromatic heterocycles. The van der Waals surface area contributed by atoms with Gasteiger partial charge >= 0.3 is 12.2 Å². The Morgan fingerprint density at radius 2 is 2.00 bits per heavy atom. The number of fused-ring (bicyclic) bond motifs is 3. The second kappa shape index (κ2) is 12.7. The molecule has 4 aliphatic rings. The molecule has 0 unspecified atom stereocenters. The minimum atomic E-state index is -4.97. The van der Waals surface area contributed by atoms with Crippen LogP contribution in [-0.2, 0) is 37.0 Å². The highest BCUT2D eigenvalue weighted by atomic mass is 35.5. The molecule has 7 rings (SSSR count). The van der Waals surface area contributed by atoms with Crippen molar-refractivity contribution in [2.24, 2.45) is 0 Å². The molecule has 0 aliphatic carbocycles. The molecule has 0 saturated carbocycles. The summed E-state index contributed by atoms with van der Waals surface area (Å²) in [5.74, 6) is -0.940. The van der Waals surface area contributed by atoms with E-state index in [9.17, 15) is 18.0 Å². The summed E-state index contributed by atoms with van der Waals surface area (Å²) in [6.45, 7) is 9.38. The van der Waals surface area contributed by atoms with E-state index in [2.05, 4.69) is 16.6 Å². The summed E-state index contributed by atoms with van der Waals surface area (Å²) in [5.41, 5.74) is 6.96. The van der Waals surface area contributed by atoms with Crippen molar-refractivity contribution < 1.29 is 31.8 Å². The molecule has 2 fully saturated rings. The van der Waals surface area contributed by atoms with Crippen molar-refractivity contribution >= 4 is 29.0 Å². The third-order valence-corrected chi connectivity index (χ3v) is 10.6. The maximum atomic E-state index is 15.5. The Kier molecular flexibility index (Phi) is 8.74. The van der Waals surface area contributed by atoms with E-state index >= 15 is 4.39 Å². The molecule has 268 valence electrons. The van der Waals surface area contributed by atoms with Crippen molar-refractivity contribution in [1.29, 1.82) is 0 Å². The summed E-state index contributed by atoms with van der Waals surface area (Å²) in [5, 5.41) is 3.91. The van der Waals surface area contributed by atoms with Crippen molar-refractivity contribution in [1.82, 2.24) is 29.5 Å². The van der Waals surface area contributed by atoms with Gasteiger partial charge < -0.3 is 25.0 Å². The molecular formula is C34H39ClF4N8O3. The molecule has 1 amide bonds. The van der Waals surface area contributed by atoms with E-state index < -0.39 is 39.9 Å². The van der Waals surface area contributed by atoms with Gasteiger partial charge in [-0.2, -0.15) is 28.2 Å². The number of nitrogens with zero attached hydrogens (tertiary/aromatic N) is 7. The van der Waals surface area contributed by atoms with Gasteiger partial charge in [-0.05, 0) is 45.2 Å². The number of carbonyl (C=O) groups is 1. The summed E-state index contributed by atoms with van der Waals surface area (Å²) >= 11 is 6.01. The van der Waals surface area contributed by atoms with Crippen molar-refractivity contribution in [2.75, 3.05) is 51.0 Å². The van der Waals surface area contributed by atoms with Crippen LogP contribution in [0.3, 0.4) is 0 Å². The fraction of sp³-hybridized carbons (Fsp3) is 0.529. The molecule has 0 bridgehead atoms. The van der Waals surface area contributed by atoms with E-state index in [1.807, 2.05) is 16.5 Å². The zero-order chi connectivity index (χ0) is 35.7. The smallest absolute Gasteiger partial charge is 0.418 e. The molecule has 11 nitrogen and oxygen atoms in total. The molecule has 16 heteroatoms. The fourth-order valence-electron chi connectivity index (χ4n) is 7.88. The largest absolute Gasteiger partial charge is 0.461 e. The third-order valence-electron chi connectivity index (χ3n) is 10.3. The molecule has 4 aliphatic heterocycles. The number of ether oxygens (including phenoxy) is 2. The van der Waals surface area contributed by atoms with Gasteiger partial charge in [-0.15, -0.1) is 0 Å². The number of benzene rings is 1. The Labute approximate surface area is 292 Å². The Morgan fingerprint density at radius 3 is 2.74 bits per heavy atom. The number of hydrogen-bond donors (Lipinski definition) is 1. The molecule has 1 aromatic carbocycles. The van der Waals surface area contributed by atoms with E-state index in [-0.39, 0.29) is 30.5 Å². The van der Waals surface area contributed by atoms with Gasteiger partial charge in [0.25, 0.3) is 5.91 Å². The monoisotopic (exact) mass is 718 g/mol. The quantitative estimate of drug-likeness (QED) is 0.201. The molecule has 50 heavy (non-hydrogen) atoms. The first kappa shape index (κ1) is 34.5. The first-order valence-corrected chi connectivity index (χ1v) is 17.0. The average Bonchev–Trinajstić information content (AvgIpc) is 3.62. The van der Waals surface area contributed by atoms with Gasteiger partial charge in [-0.3, -0.25) is 14.4 Å². The SMILES string of the molecule is C=C1CN2CCC[C@]2(COc2nc3c(c(N4CCCn5nc(C(=O)N(C)C)c(C)c5C4)n2)CO[C@H](c2c(F)c(N)cc(Cl)c2C(F)(F)F)C3)C1. The van der Waals surface area contributed by atoms with Crippen molar-refractivity contribution in [2.45, 2.75) is 76.5 Å². The number of amides is 1. The lowest BCUT2D eigenvalue weighted by Crippen LogP contribution is -2.43. The van der Waals surface area contributed by atoms with E-state index in [0.29, 0.717) is 55.4 Å². The van der Waals surface area contributed by atoms with Crippen LogP contribution < -0.4 is 15.4 Å². The van der Waals surface area contributed by atoms with Gasteiger partial charge in [0.15, 0.2) is 11.5 Å². The average molecular weight is 719 g/mol. The summed E-state index contributed by atoms with van der Waals surface area (Å²) in [6.07, 6.45) is -3.14. The van der Waals surface area contributed by atoms with Crippen LogP contribution in [0.15, 0.2) is 18.2 Å². The number of halogens is 5. The summed E-state index contributed by atoms with van der Waals surface area (Å²) < 4.78 is 72.5. The normalized spacial score (nSPS) is 22.3. The van der Waals surface area contributed by atoms with Crippen molar-refractivity contribution in [3.8, 4) is 6.01 Å². The zero-order valence-electron chi connectivity index (χ0n) is 28.2. The molecule has 2 saturated heterocycles. The maximum Gasteiger partial charge on any atom is 0.418 e. The van der Waals surface area contributed by atoms with Crippen LogP contribution in [0.5, 0.6) is 6.01 Å². The van der Waals surface area contributed by atoms with E-state index in [1.54, 1.807) is 14.1 Å². The molecule has 3 aromatic rings. The third kappa shape index (κ3) is 5.96. The van der Waals surface area contributed by atoms with Crippen molar-refractivity contribution in [3.05, 3.63) is 68.4 Å². The number of hydrogen-bond acceptors (Lipinski definition) is 9. The molecular weight excluding hydrogens is 680 g/mol. The minimum Gasteiger partial charge on any atom is -0.461 e. The molecule has 0 radical (unpaired) electrons. The van der Waals surface area contributed by atoms with E-state index in [4.69, 9.17) is 36.8 Å². The maximum absolute atomic E-state index is 15.5. The van der Waals surface area contributed by atoms with Gasteiger partial charge in [0.2, 0.25) is 0 Å². The fourth-order valence-corrected chi connectivity index (χ4v) is 8.21. The zero-order valence-corrected chi connectivity index (χ0v) is 28.9. The van der Waals surface area contributed by atoms with Crippen LogP contribution in [0.25, 0.3) is 0 Å². The number of aryl methyl sites for hydroxylation is 1. The van der Waals surface area contributed by atoms with Crippen LogP contribution in [-0.4, -0.2) is 81.3 Å². The molecule has 2 N–H and O–H groups in total. The van der Waals surface area contributed by atoms with E-state index in [1.165, 1.54) is 4.90 Å². The molecule has 0 spiro atoms. The van der Waals surface area contributed by atoms with Crippen LogP contribution in [0.4, 0.5) is 29.1 Å². The van der Waals surface area contributed by atoms with Crippen LogP contribution in [0.2, 0.25) is 5.02 Å². The first-order chi connectivity index (χ1) is 23.7. The van der Waals surface area contributed by atoms with Gasteiger partial charge in [0, 0.05) is 56.8 Å². The second-order valence-electron chi connectivity index (χ2n) is 13.9. The number of alkyl halides is 3. The van der Waals surface area contributed by atoms with Crippen LogP contribution >= 0.6 is 11.6 Å². The number of nitrogen functional groups attached to an aromatic ring is 1. The summed E-state index contributed by atoms with van der Waals surface area (Å²) in [7, 11) is 3.35. The molecule has 2 atom stereocenters. The topological polar surface area (TPSA) is 115 Å². The predicted molar refractivity (Wildman–Crippen MR) is 178 cm³/mol. The Morgan fingerprint density at radius 1 is 1.22 bits per heavy atom. The number of anilines is 2. The molecule has 6 heterocycles. The lowest BCUT2D eigenvalue weighted by molar-refractivity contribution is -0.140. The van der Waals surface area contributed by atoms with Crippen LogP contribution in [0.1, 0.15) is 75.9 Å². The number of aromatic nitrogens is 4.